The lowest BCUT2D eigenvalue weighted by molar-refractivity contribution is 1.06. The summed E-state index contributed by atoms with van der Waals surface area (Å²) >= 11 is 9.32. The Morgan fingerprint density at radius 3 is 2.32 bits per heavy atom. The van der Waals surface area contributed by atoms with E-state index in [1.165, 1.54) is 0 Å². The fraction of sp³-hybridized carbons (Fsp3) is 0. The van der Waals surface area contributed by atoms with E-state index in [9.17, 15) is 0 Å². The van der Waals surface area contributed by atoms with Gasteiger partial charge in [-0.2, -0.15) is 0 Å². The summed E-state index contributed by atoms with van der Waals surface area (Å²) in [6.07, 6.45) is 1.70. The van der Waals surface area contributed by atoms with Crippen LogP contribution in [0.5, 0.6) is 0 Å². The second-order valence-electron chi connectivity index (χ2n) is 4.01. The molecule has 0 fully saturated rings. The summed E-state index contributed by atoms with van der Waals surface area (Å²) in [7, 11) is 0. The molecule has 19 heavy (non-hydrogen) atoms. The lowest BCUT2D eigenvalue weighted by Crippen LogP contribution is -1.95. The van der Waals surface area contributed by atoms with Gasteiger partial charge in [-0.3, -0.25) is 4.57 Å². The second kappa shape index (κ2) is 5.15. The Morgan fingerprint density at radius 1 is 0.947 bits per heavy atom. The summed E-state index contributed by atoms with van der Waals surface area (Å²) in [5.41, 5.74) is 1.99. The largest absolute Gasteiger partial charge is 0.282 e. The molecule has 2 aromatic carbocycles. The lowest BCUT2D eigenvalue weighted by Gasteiger charge is -2.06. The molecule has 3 aromatic rings. The van der Waals surface area contributed by atoms with Crippen LogP contribution in [0.1, 0.15) is 0 Å². The third-order valence-electron chi connectivity index (χ3n) is 2.75. The van der Waals surface area contributed by atoms with E-state index < -0.39 is 0 Å². The van der Waals surface area contributed by atoms with Crippen LogP contribution in [-0.2, 0) is 0 Å². The minimum Gasteiger partial charge on any atom is -0.282 e. The van der Waals surface area contributed by atoms with Crippen molar-refractivity contribution >= 4 is 27.5 Å². The van der Waals surface area contributed by atoms with E-state index in [-0.39, 0.29) is 0 Å². The van der Waals surface area contributed by atoms with E-state index >= 15 is 0 Å². The monoisotopic (exact) mass is 333 g/mol. The van der Waals surface area contributed by atoms with Crippen LogP contribution in [-0.4, -0.2) is 14.8 Å². The van der Waals surface area contributed by atoms with Crippen LogP contribution >= 0.6 is 27.5 Å². The molecule has 0 unspecified atom stereocenters. The van der Waals surface area contributed by atoms with E-state index in [4.69, 9.17) is 11.6 Å². The Bertz CT molecular complexity index is 629. The van der Waals surface area contributed by atoms with Gasteiger partial charge in [-0.15, -0.1) is 10.2 Å². The Kier molecular flexibility index (Phi) is 3.36. The number of halogens is 2. The van der Waals surface area contributed by atoms with Gasteiger partial charge in [0, 0.05) is 20.7 Å². The summed E-state index contributed by atoms with van der Waals surface area (Å²) < 4.78 is 2.98. The topological polar surface area (TPSA) is 30.7 Å². The number of nitrogens with zero attached hydrogens (tertiary/aromatic N) is 3. The predicted molar refractivity (Wildman–Crippen MR) is 79.5 cm³/mol. The summed E-state index contributed by atoms with van der Waals surface area (Å²) in [6.45, 7) is 0. The minimum atomic E-state index is 0.707. The maximum atomic E-state index is 5.90. The number of hydrogen-bond donors (Lipinski definition) is 0. The van der Waals surface area contributed by atoms with E-state index in [0.717, 1.165) is 21.5 Å². The van der Waals surface area contributed by atoms with Gasteiger partial charge in [0.25, 0.3) is 0 Å². The van der Waals surface area contributed by atoms with Gasteiger partial charge in [0.05, 0.1) is 0 Å². The quantitative estimate of drug-likeness (QED) is 0.697. The molecule has 0 aliphatic rings. The van der Waals surface area contributed by atoms with Crippen LogP contribution in [0.25, 0.3) is 17.1 Å². The molecule has 0 N–H and O–H groups in total. The molecule has 5 heteroatoms. The summed E-state index contributed by atoms with van der Waals surface area (Å²) in [5, 5.41) is 8.87. The molecule has 3 nitrogen and oxygen atoms in total. The van der Waals surface area contributed by atoms with Crippen LogP contribution in [0.4, 0.5) is 0 Å². The smallest absolute Gasteiger partial charge is 0.168 e. The van der Waals surface area contributed by atoms with Gasteiger partial charge in [0.2, 0.25) is 0 Å². The standard InChI is InChI=1S/C14H9BrClN3/c15-11-3-7-13(8-4-11)19-9-17-18-14(19)10-1-5-12(16)6-2-10/h1-9H. The average Bonchev–Trinajstić information content (AvgIpc) is 2.90. The highest BCUT2D eigenvalue weighted by molar-refractivity contribution is 9.10. The Labute approximate surface area is 124 Å². The zero-order chi connectivity index (χ0) is 13.2. The van der Waals surface area contributed by atoms with E-state index in [0.29, 0.717) is 5.02 Å². The lowest BCUT2D eigenvalue weighted by atomic mass is 10.2. The SMILES string of the molecule is Clc1ccc(-c2nncn2-c2ccc(Br)cc2)cc1. The molecule has 0 amide bonds. The average molecular weight is 335 g/mol. The first kappa shape index (κ1) is 12.4. The molecule has 1 aromatic heterocycles. The first-order chi connectivity index (χ1) is 9.24. The van der Waals surface area contributed by atoms with Gasteiger partial charge in [-0.25, -0.2) is 0 Å². The van der Waals surface area contributed by atoms with Crippen molar-refractivity contribution in [2.75, 3.05) is 0 Å². The Balaban J connectivity index is 2.07. The van der Waals surface area contributed by atoms with Gasteiger partial charge >= 0.3 is 0 Å². The third kappa shape index (κ3) is 2.55. The van der Waals surface area contributed by atoms with Gasteiger partial charge < -0.3 is 0 Å². The van der Waals surface area contributed by atoms with Crippen LogP contribution in [0.3, 0.4) is 0 Å². The fourth-order valence-electron chi connectivity index (χ4n) is 1.82. The predicted octanol–water partition coefficient (Wildman–Crippen LogP) is 4.35. The molecule has 0 aliphatic carbocycles. The molecule has 0 bridgehead atoms. The van der Waals surface area contributed by atoms with E-state index in [1.54, 1.807) is 6.33 Å². The summed E-state index contributed by atoms with van der Waals surface area (Å²) in [5.74, 6) is 0.791. The van der Waals surface area contributed by atoms with Crippen molar-refractivity contribution in [1.82, 2.24) is 14.8 Å². The van der Waals surface area contributed by atoms with Crippen LogP contribution in [0.15, 0.2) is 59.3 Å². The van der Waals surface area contributed by atoms with Gasteiger partial charge in [0.1, 0.15) is 6.33 Å². The maximum absolute atomic E-state index is 5.90. The van der Waals surface area contributed by atoms with E-state index in [1.807, 2.05) is 53.1 Å². The second-order valence-corrected chi connectivity index (χ2v) is 5.36. The number of rotatable bonds is 2. The molecule has 1 heterocycles. The van der Waals surface area contributed by atoms with E-state index in [2.05, 4.69) is 26.1 Å². The minimum absolute atomic E-state index is 0.707. The van der Waals surface area contributed by atoms with Crippen LogP contribution in [0.2, 0.25) is 5.02 Å². The first-order valence-corrected chi connectivity index (χ1v) is 6.83. The van der Waals surface area contributed by atoms with Crippen molar-refractivity contribution in [3.63, 3.8) is 0 Å². The van der Waals surface area contributed by atoms with Crippen molar-refractivity contribution < 1.29 is 0 Å². The third-order valence-corrected chi connectivity index (χ3v) is 3.54. The molecule has 0 radical (unpaired) electrons. The Hall–Kier alpha value is -1.65. The van der Waals surface area contributed by atoms with Gasteiger partial charge in [-0.05, 0) is 48.5 Å². The molecule has 0 saturated carbocycles. The molecule has 3 rings (SSSR count). The van der Waals surface area contributed by atoms with Crippen molar-refractivity contribution in [2.45, 2.75) is 0 Å². The van der Waals surface area contributed by atoms with Crippen LogP contribution in [0, 0.1) is 0 Å². The molecular formula is C14H9BrClN3. The molecular weight excluding hydrogens is 326 g/mol. The molecule has 0 saturated heterocycles. The highest BCUT2D eigenvalue weighted by Gasteiger charge is 2.08. The highest BCUT2D eigenvalue weighted by Crippen LogP contribution is 2.23. The molecule has 0 spiro atoms. The van der Waals surface area contributed by atoms with Crippen LogP contribution < -0.4 is 0 Å². The van der Waals surface area contributed by atoms with Crippen molar-refractivity contribution in [3.05, 3.63) is 64.4 Å². The maximum Gasteiger partial charge on any atom is 0.168 e. The first-order valence-electron chi connectivity index (χ1n) is 5.66. The fourth-order valence-corrected chi connectivity index (χ4v) is 2.21. The van der Waals surface area contributed by atoms with Crippen molar-refractivity contribution in [2.24, 2.45) is 0 Å². The van der Waals surface area contributed by atoms with Crippen molar-refractivity contribution in [1.29, 1.82) is 0 Å². The zero-order valence-corrected chi connectivity index (χ0v) is 12.1. The number of benzene rings is 2. The normalized spacial score (nSPS) is 10.6. The summed E-state index contributed by atoms with van der Waals surface area (Å²) in [6, 6.07) is 15.5. The molecule has 94 valence electrons. The highest BCUT2D eigenvalue weighted by atomic mass is 79.9. The Morgan fingerprint density at radius 2 is 1.63 bits per heavy atom. The number of hydrogen-bond acceptors (Lipinski definition) is 2. The summed E-state index contributed by atoms with van der Waals surface area (Å²) in [4.78, 5) is 0. The van der Waals surface area contributed by atoms with Crippen molar-refractivity contribution in [3.8, 4) is 17.1 Å². The zero-order valence-electron chi connectivity index (χ0n) is 9.79. The van der Waals surface area contributed by atoms with Gasteiger partial charge in [-0.1, -0.05) is 27.5 Å². The molecule has 0 atom stereocenters. The molecule has 0 aliphatic heterocycles. The number of aromatic nitrogens is 3. The van der Waals surface area contributed by atoms with Gasteiger partial charge in [0.15, 0.2) is 5.82 Å².